The number of aromatic hydroxyl groups is 1. The van der Waals surface area contributed by atoms with Crippen LogP contribution in [0.25, 0.3) is 6.08 Å². The number of hydrogen-bond donors (Lipinski definition) is 3. The fraction of sp³-hybridized carbons (Fsp3) is 0.692. The number of phenols is 1. The highest BCUT2D eigenvalue weighted by Crippen LogP contribution is 2.77. The van der Waals surface area contributed by atoms with Gasteiger partial charge in [-0.25, -0.2) is 4.79 Å². The molecule has 0 radical (unpaired) electrons. The van der Waals surface area contributed by atoms with Crippen LogP contribution in [0.2, 0.25) is 0 Å². The van der Waals surface area contributed by atoms with Crippen molar-refractivity contribution in [1.29, 1.82) is 0 Å². The average Bonchev–Trinajstić information content (AvgIpc) is 3.40. The Hall–Kier alpha value is -2.60. The topological polar surface area (TPSA) is 104 Å². The van der Waals surface area contributed by atoms with Gasteiger partial charge >= 0.3 is 11.9 Å². The molecule has 0 aromatic heterocycles. The Morgan fingerprint density at radius 3 is 2.31 bits per heavy atom. The first-order chi connectivity index (χ1) is 21.1. The molecule has 0 spiro atoms. The molecule has 6 heteroatoms. The molecule has 0 unspecified atom stereocenters. The summed E-state index contributed by atoms with van der Waals surface area (Å²) in [5, 5.41) is 31.5. The van der Waals surface area contributed by atoms with Gasteiger partial charge in [0.25, 0.3) is 0 Å². The minimum atomic E-state index is -0.748. The summed E-state index contributed by atoms with van der Waals surface area (Å²) in [5.74, 6) is 0.212. The maximum atomic E-state index is 13.4. The van der Waals surface area contributed by atoms with E-state index in [1.807, 2.05) is 0 Å². The van der Waals surface area contributed by atoms with Gasteiger partial charge in [0.2, 0.25) is 0 Å². The molecular formula is C39H54O6. The lowest BCUT2D eigenvalue weighted by atomic mass is 9.32. The van der Waals surface area contributed by atoms with Crippen molar-refractivity contribution >= 4 is 18.0 Å². The first-order valence-corrected chi connectivity index (χ1v) is 17.3. The summed E-state index contributed by atoms with van der Waals surface area (Å²) in [6.45, 7) is 16.2. The first kappa shape index (κ1) is 32.3. The van der Waals surface area contributed by atoms with E-state index in [0.717, 1.165) is 62.5 Å². The Balaban J connectivity index is 1.40. The second kappa shape index (κ2) is 11.0. The quantitative estimate of drug-likeness (QED) is 0.169. The zero-order valence-electron chi connectivity index (χ0n) is 28.0. The fourth-order valence-corrected chi connectivity index (χ4v) is 12.6. The van der Waals surface area contributed by atoms with Crippen molar-refractivity contribution in [2.45, 2.75) is 105 Å². The molecule has 45 heavy (non-hydrogen) atoms. The van der Waals surface area contributed by atoms with Crippen molar-refractivity contribution in [3.8, 4) is 5.75 Å². The van der Waals surface area contributed by atoms with E-state index in [4.69, 9.17) is 4.74 Å². The number of fused-ring (bicyclic) bond motifs is 7. The molecule has 3 N–H and O–H groups in total. The standard InChI is InChI=1S/C39H54O6/c1-24(2)27-15-20-38(34(43)44)21-22-39(23-45-32(42)14-9-25-7-10-26(40)11-8-25)28(33(27)38)12-13-30-36(5)18-17-31(41)35(3,4)29(36)16-19-37(30,39)6/h7-11,14,27-31,33,40-41H,1,12-13,15-23H2,2-6H3,(H,43,44)/b14-9+/t27-,28+,29-,30+,31-,33+,36-,37+,38-,39-/m0/s1. The molecule has 246 valence electrons. The zero-order valence-corrected chi connectivity index (χ0v) is 28.0. The molecule has 0 bridgehead atoms. The number of aliphatic hydroxyl groups excluding tert-OH is 1. The van der Waals surface area contributed by atoms with Gasteiger partial charge in [-0.05, 0) is 141 Å². The number of carbonyl (C=O) groups is 2. The number of carboxylic acids is 1. The van der Waals surface area contributed by atoms with Crippen LogP contribution < -0.4 is 0 Å². The minimum Gasteiger partial charge on any atom is -0.508 e. The van der Waals surface area contributed by atoms with Crippen molar-refractivity contribution < 1.29 is 29.6 Å². The van der Waals surface area contributed by atoms with Gasteiger partial charge in [0.05, 0.1) is 18.1 Å². The normalized spacial score (nSPS) is 43.4. The monoisotopic (exact) mass is 618 g/mol. The molecular weight excluding hydrogens is 564 g/mol. The van der Waals surface area contributed by atoms with Crippen LogP contribution in [-0.4, -0.2) is 40.0 Å². The number of ether oxygens (including phenoxy) is 1. The van der Waals surface area contributed by atoms with Crippen molar-refractivity contribution in [2.24, 2.45) is 56.7 Å². The molecule has 5 saturated carbocycles. The van der Waals surface area contributed by atoms with Crippen LogP contribution in [0, 0.1) is 56.7 Å². The lowest BCUT2D eigenvalue weighted by molar-refractivity contribution is -0.263. The highest BCUT2D eigenvalue weighted by Gasteiger charge is 2.73. The predicted octanol–water partition coefficient (Wildman–Crippen LogP) is 8.03. The first-order valence-electron chi connectivity index (χ1n) is 17.3. The highest BCUT2D eigenvalue weighted by atomic mass is 16.5. The Morgan fingerprint density at radius 2 is 1.64 bits per heavy atom. The Kier molecular flexibility index (Phi) is 7.90. The number of hydrogen-bond acceptors (Lipinski definition) is 5. The Bertz CT molecular complexity index is 1380. The molecule has 10 atom stereocenters. The predicted molar refractivity (Wildman–Crippen MR) is 175 cm³/mol. The molecule has 0 amide bonds. The maximum Gasteiger partial charge on any atom is 0.330 e. The largest absolute Gasteiger partial charge is 0.508 e. The maximum absolute atomic E-state index is 13.4. The van der Waals surface area contributed by atoms with E-state index in [1.54, 1.807) is 30.3 Å². The van der Waals surface area contributed by atoms with Gasteiger partial charge in [-0.3, -0.25) is 4.79 Å². The van der Waals surface area contributed by atoms with Crippen molar-refractivity contribution in [2.75, 3.05) is 6.61 Å². The molecule has 5 fully saturated rings. The van der Waals surface area contributed by atoms with Gasteiger partial charge < -0.3 is 20.1 Å². The van der Waals surface area contributed by atoms with Crippen LogP contribution in [0.1, 0.15) is 104 Å². The van der Waals surface area contributed by atoms with Crippen molar-refractivity contribution in [3.63, 3.8) is 0 Å². The summed E-state index contributed by atoms with van der Waals surface area (Å²) < 4.78 is 6.28. The number of aliphatic hydroxyl groups is 1. The molecule has 1 aromatic carbocycles. The van der Waals surface area contributed by atoms with Crippen LogP contribution in [0.3, 0.4) is 0 Å². The lowest BCUT2D eigenvalue weighted by Gasteiger charge is -2.73. The molecule has 0 heterocycles. The summed E-state index contributed by atoms with van der Waals surface area (Å²) in [5.41, 5.74) is 0.562. The molecule has 6 nitrogen and oxygen atoms in total. The van der Waals surface area contributed by atoms with Crippen LogP contribution in [-0.2, 0) is 14.3 Å². The van der Waals surface area contributed by atoms with E-state index in [9.17, 15) is 24.9 Å². The van der Waals surface area contributed by atoms with Crippen LogP contribution in [0.5, 0.6) is 5.75 Å². The third kappa shape index (κ3) is 4.66. The molecule has 0 saturated heterocycles. The SMILES string of the molecule is C=C(C)[C@@H]1CC[C@]2(C(=O)O)CC[C@]3(COC(=O)/C=C/c4ccc(O)cc4)[C@H](CC[C@@H]4[C@@]5(C)CC[C@H](O)C(C)(C)[C@@H]5CC[C@]43C)[C@@H]12. The molecule has 6 rings (SSSR count). The van der Waals surface area contributed by atoms with Gasteiger partial charge in [0.1, 0.15) is 5.75 Å². The third-order valence-corrected chi connectivity index (χ3v) is 14.9. The molecule has 1 aromatic rings. The smallest absolute Gasteiger partial charge is 0.330 e. The van der Waals surface area contributed by atoms with E-state index in [0.29, 0.717) is 31.3 Å². The summed E-state index contributed by atoms with van der Waals surface area (Å²) in [4.78, 5) is 26.5. The zero-order chi connectivity index (χ0) is 32.6. The number of esters is 1. The number of benzene rings is 1. The van der Waals surface area contributed by atoms with Crippen molar-refractivity contribution in [3.05, 3.63) is 48.1 Å². The van der Waals surface area contributed by atoms with Crippen LogP contribution in [0.4, 0.5) is 0 Å². The number of carbonyl (C=O) groups excluding carboxylic acids is 1. The summed E-state index contributed by atoms with van der Waals surface area (Å²) >= 11 is 0. The van der Waals surface area contributed by atoms with E-state index in [1.165, 1.54) is 6.08 Å². The van der Waals surface area contributed by atoms with Crippen LogP contribution in [0.15, 0.2) is 42.5 Å². The average molecular weight is 619 g/mol. The van der Waals surface area contributed by atoms with Crippen molar-refractivity contribution in [1.82, 2.24) is 0 Å². The fourth-order valence-electron chi connectivity index (χ4n) is 12.6. The van der Waals surface area contributed by atoms with E-state index in [-0.39, 0.29) is 57.2 Å². The summed E-state index contributed by atoms with van der Waals surface area (Å²) in [7, 11) is 0. The summed E-state index contributed by atoms with van der Waals surface area (Å²) in [6, 6.07) is 6.70. The second-order valence-corrected chi connectivity index (χ2v) is 16.8. The minimum absolute atomic E-state index is 0.0135. The van der Waals surface area contributed by atoms with E-state index < -0.39 is 11.4 Å². The van der Waals surface area contributed by atoms with E-state index >= 15 is 0 Å². The van der Waals surface area contributed by atoms with Gasteiger partial charge in [-0.15, -0.1) is 0 Å². The van der Waals surface area contributed by atoms with E-state index in [2.05, 4.69) is 41.2 Å². The number of carboxylic acid groups (broad SMARTS) is 1. The molecule has 0 aliphatic heterocycles. The molecule has 5 aliphatic rings. The third-order valence-electron chi connectivity index (χ3n) is 14.9. The number of phenolic OH excluding ortho intramolecular Hbond substituents is 1. The Labute approximate surface area is 269 Å². The van der Waals surface area contributed by atoms with Gasteiger partial charge in [-0.1, -0.05) is 52.0 Å². The Morgan fingerprint density at radius 1 is 0.933 bits per heavy atom. The highest BCUT2D eigenvalue weighted by molar-refractivity contribution is 5.87. The number of rotatable bonds is 6. The lowest BCUT2D eigenvalue weighted by Crippen LogP contribution is -2.69. The second-order valence-electron chi connectivity index (χ2n) is 16.8. The summed E-state index contributed by atoms with van der Waals surface area (Å²) in [6.07, 6.45) is 11.6. The van der Waals surface area contributed by atoms with Crippen LogP contribution >= 0.6 is 0 Å². The number of allylic oxidation sites excluding steroid dienone is 1. The van der Waals surface area contributed by atoms with Gasteiger partial charge in [0, 0.05) is 11.5 Å². The van der Waals surface area contributed by atoms with Gasteiger partial charge in [-0.2, -0.15) is 0 Å². The van der Waals surface area contributed by atoms with Gasteiger partial charge in [0.15, 0.2) is 0 Å². The number of aliphatic carboxylic acids is 1. The molecule has 5 aliphatic carbocycles.